The zero-order valence-corrected chi connectivity index (χ0v) is 12.0. The van der Waals surface area contributed by atoms with Gasteiger partial charge in [0.05, 0.1) is 5.69 Å². The number of benzene rings is 1. The highest BCUT2D eigenvalue weighted by molar-refractivity contribution is 9.10. The zero-order valence-electron chi connectivity index (χ0n) is 10.4. The number of aromatic nitrogens is 1. The molecule has 0 aliphatic heterocycles. The molecule has 2 N–H and O–H groups in total. The average Bonchev–Trinajstić information content (AvgIpc) is 2.38. The lowest BCUT2D eigenvalue weighted by atomic mass is 10.1. The van der Waals surface area contributed by atoms with Crippen LogP contribution in [-0.4, -0.2) is 4.98 Å². The molecule has 1 atom stereocenters. The minimum absolute atomic E-state index is 0.214. The van der Waals surface area contributed by atoms with Gasteiger partial charge in [-0.25, -0.2) is 4.39 Å². The minimum Gasteiger partial charge on any atom is -0.487 e. The van der Waals surface area contributed by atoms with Crippen LogP contribution in [0.15, 0.2) is 41.0 Å². The Kier molecular flexibility index (Phi) is 4.50. The number of ether oxygens (including phenoxy) is 1. The molecule has 0 radical (unpaired) electrons. The molecule has 1 heterocycles. The maximum absolute atomic E-state index is 13.2. The molecule has 100 valence electrons. The smallest absolute Gasteiger partial charge is 0.130 e. The summed E-state index contributed by atoms with van der Waals surface area (Å²) in [6.07, 6.45) is 1.69. The van der Waals surface area contributed by atoms with E-state index >= 15 is 0 Å². The molecule has 0 unspecified atom stereocenters. The first-order chi connectivity index (χ1) is 9.06. The van der Waals surface area contributed by atoms with E-state index in [0.717, 1.165) is 15.7 Å². The number of nitrogens with two attached hydrogens (primary N) is 1. The number of pyridine rings is 1. The third kappa shape index (κ3) is 3.75. The van der Waals surface area contributed by atoms with Crippen molar-refractivity contribution in [1.29, 1.82) is 0 Å². The Morgan fingerprint density at radius 2 is 2.16 bits per heavy atom. The van der Waals surface area contributed by atoms with Gasteiger partial charge in [0.2, 0.25) is 0 Å². The minimum atomic E-state index is -0.344. The van der Waals surface area contributed by atoms with Crippen LogP contribution in [0, 0.1) is 5.82 Å². The monoisotopic (exact) mass is 324 g/mol. The summed E-state index contributed by atoms with van der Waals surface area (Å²) in [5.74, 6) is 0.114. The van der Waals surface area contributed by atoms with E-state index in [1.165, 1.54) is 12.1 Å². The predicted molar refractivity (Wildman–Crippen MR) is 75.3 cm³/mol. The van der Waals surface area contributed by atoms with Crippen LogP contribution in [-0.2, 0) is 6.61 Å². The van der Waals surface area contributed by atoms with Gasteiger partial charge in [-0.3, -0.25) is 4.98 Å². The van der Waals surface area contributed by atoms with Gasteiger partial charge in [-0.1, -0.05) is 6.07 Å². The fraction of sp³-hybridized carbons (Fsp3) is 0.214. The molecule has 0 spiro atoms. The van der Waals surface area contributed by atoms with E-state index in [2.05, 4.69) is 20.9 Å². The van der Waals surface area contributed by atoms with Gasteiger partial charge in [0.1, 0.15) is 18.2 Å². The van der Waals surface area contributed by atoms with Gasteiger partial charge in [0.25, 0.3) is 0 Å². The lowest BCUT2D eigenvalue weighted by Crippen LogP contribution is -2.08. The quantitative estimate of drug-likeness (QED) is 0.935. The van der Waals surface area contributed by atoms with Gasteiger partial charge in [-0.2, -0.15) is 0 Å². The summed E-state index contributed by atoms with van der Waals surface area (Å²) in [5, 5.41) is 0. The van der Waals surface area contributed by atoms with E-state index in [4.69, 9.17) is 10.5 Å². The molecule has 1 aromatic heterocycles. The van der Waals surface area contributed by atoms with Gasteiger partial charge in [-0.05, 0) is 41.1 Å². The summed E-state index contributed by atoms with van der Waals surface area (Å²) in [6, 6.07) is 7.87. The SMILES string of the molecule is C[C@H](N)c1ccc(F)cc1OCc1ccc(Br)cn1. The topological polar surface area (TPSA) is 48.1 Å². The van der Waals surface area contributed by atoms with Crippen LogP contribution < -0.4 is 10.5 Å². The first-order valence-electron chi connectivity index (χ1n) is 5.84. The molecule has 0 bridgehead atoms. The van der Waals surface area contributed by atoms with Gasteiger partial charge in [0.15, 0.2) is 0 Å². The number of hydrogen-bond donors (Lipinski definition) is 1. The molecule has 5 heteroatoms. The highest BCUT2D eigenvalue weighted by Crippen LogP contribution is 2.25. The molecule has 0 fully saturated rings. The summed E-state index contributed by atoms with van der Waals surface area (Å²) >= 11 is 3.31. The van der Waals surface area contributed by atoms with Gasteiger partial charge in [-0.15, -0.1) is 0 Å². The van der Waals surface area contributed by atoms with Crippen molar-refractivity contribution in [2.45, 2.75) is 19.6 Å². The fourth-order valence-electron chi connectivity index (χ4n) is 1.65. The summed E-state index contributed by atoms with van der Waals surface area (Å²) in [6.45, 7) is 2.11. The Balaban J connectivity index is 2.14. The average molecular weight is 325 g/mol. The van der Waals surface area contributed by atoms with Crippen LogP contribution >= 0.6 is 15.9 Å². The van der Waals surface area contributed by atoms with E-state index in [0.29, 0.717) is 5.75 Å². The van der Waals surface area contributed by atoms with Gasteiger partial charge in [0, 0.05) is 28.3 Å². The Hall–Kier alpha value is -1.46. The maximum Gasteiger partial charge on any atom is 0.130 e. The van der Waals surface area contributed by atoms with Gasteiger partial charge < -0.3 is 10.5 Å². The van der Waals surface area contributed by atoms with Crippen LogP contribution in [0.3, 0.4) is 0 Å². The molecule has 0 aliphatic carbocycles. The summed E-state index contributed by atoms with van der Waals surface area (Å²) in [7, 11) is 0. The zero-order chi connectivity index (χ0) is 13.8. The lowest BCUT2D eigenvalue weighted by molar-refractivity contribution is 0.295. The van der Waals surface area contributed by atoms with Crippen molar-refractivity contribution in [3.8, 4) is 5.75 Å². The van der Waals surface area contributed by atoms with Crippen molar-refractivity contribution in [1.82, 2.24) is 4.98 Å². The molecule has 2 rings (SSSR count). The lowest BCUT2D eigenvalue weighted by Gasteiger charge is -2.13. The Labute approximate surface area is 119 Å². The molecule has 0 amide bonds. The molecule has 19 heavy (non-hydrogen) atoms. The molecular formula is C14H14BrFN2O. The van der Waals surface area contributed by atoms with Crippen molar-refractivity contribution < 1.29 is 9.13 Å². The van der Waals surface area contributed by atoms with Crippen LogP contribution in [0.1, 0.15) is 24.2 Å². The summed E-state index contributed by atoms with van der Waals surface area (Å²) < 4.78 is 19.8. The van der Waals surface area contributed by atoms with Crippen LogP contribution in [0.5, 0.6) is 5.75 Å². The molecule has 2 aromatic rings. The molecule has 1 aromatic carbocycles. The largest absolute Gasteiger partial charge is 0.487 e. The van der Waals surface area contributed by atoms with Crippen molar-refractivity contribution in [3.05, 3.63) is 58.1 Å². The number of hydrogen-bond acceptors (Lipinski definition) is 3. The maximum atomic E-state index is 13.2. The van der Waals surface area contributed by atoms with E-state index < -0.39 is 0 Å². The second kappa shape index (κ2) is 6.12. The van der Waals surface area contributed by atoms with Crippen molar-refractivity contribution >= 4 is 15.9 Å². The van der Waals surface area contributed by atoms with Crippen molar-refractivity contribution in [2.24, 2.45) is 5.73 Å². The van der Waals surface area contributed by atoms with E-state index in [1.54, 1.807) is 12.3 Å². The van der Waals surface area contributed by atoms with Crippen LogP contribution in [0.2, 0.25) is 0 Å². The summed E-state index contributed by atoms with van der Waals surface area (Å²) in [4.78, 5) is 4.19. The molecule has 3 nitrogen and oxygen atoms in total. The molecule has 0 saturated carbocycles. The molecule has 0 saturated heterocycles. The van der Waals surface area contributed by atoms with Crippen LogP contribution in [0.25, 0.3) is 0 Å². The second-order valence-electron chi connectivity index (χ2n) is 4.23. The fourth-order valence-corrected chi connectivity index (χ4v) is 1.89. The van der Waals surface area contributed by atoms with Gasteiger partial charge >= 0.3 is 0 Å². The Bertz CT molecular complexity index is 558. The Morgan fingerprint density at radius 3 is 2.79 bits per heavy atom. The van der Waals surface area contributed by atoms with Crippen LogP contribution in [0.4, 0.5) is 4.39 Å². The molecular weight excluding hydrogens is 311 g/mol. The summed E-state index contributed by atoms with van der Waals surface area (Å²) in [5.41, 5.74) is 7.37. The first kappa shape index (κ1) is 14.0. The first-order valence-corrected chi connectivity index (χ1v) is 6.64. The number of halogens is 2. The van der Waals surface area contributed by atoms with E-state index in [1.807, 2.05) is 19.1 Å². The number of nitrogens with zero attached hydrogens (tertiary/aromatic N) is 1. The van der Waals surface area contributed by atoms with Crippen molar-refractivity contribution in [2.75, 3.05) is 0 Å². The number of rotatable bonds is 4. The second-order valence-corrected chi connectivity index (χ2v) is 5.14. The predicted octanol–water partition coefficient (Wildman–Crippen LogP) is 3.58. The normalized spacial score (nSPS) is 12.2. The van der Waals surface area contributed by atoms with E-state index in [9.17, 15) is 4.39 Å². The van der Waals surface area contributed by atoms with Crippen molar-refractivity contribution in [3.63, 3.8) is 0 Å². The molecule has 0 aliphatic rings. The Morgan fingerprint density at radius 1 is 1.37 bits per heavy atom. The van der Waals surface area contributed by atoms with E-state index in [-0.39, 0.29) is 18.5 Å². The standard InChI is InChI=1S/C14H14BrFN2O/c1-9(17)13-5-3-11(16)6-14(13)19-8-12-4-2-10(15)7-18-12/h2-7,9H,8,17H2,1H3/t9-/m0/s1. The highest BCUT2D eigenvalue weighted by Gasteiger charge is 2.10. The third-order valence-electron chi connectivity index (χ3n) is 2.63. The highest BCUT2D eigenvalue weighted by atomic mass is 79.9. The third-order valence-corrected chi connectivity index (χ3v) is 3.10.